The van der Waals surface area contributed by atoms with Crippen molar-refractivity contribution in [2.45, 2.75) is 4.90 Å². The standard InChI is InChI=1S/C22H18ClN3O5S/c23-18-10-12-19(13-11-18)26(32(30,31)20-4-2-1-3-5-20)15-21(27)25-24-14-16-6-8-17(9-7-16)22(28)29/h1-14H,15H2,(H,25,27)(H,28,29)/b24-14-. The molecule has 0 saturated heterocycles. The Kier molecular flexibility index (Phi) is 7.24. The minimum atomic E-state index is -4.03. The topological polar surface area (TPSA) is 116 Å². The number of amides is 1. The third-order valence-electron chi connectivity index (χ3n) is 4.29. The number of nitrogens with zero attached hydrogens (tertiary/aromatic N) is 2. The molecule has 0 aliphatic heterocycles. The molecule has 0 aliphatic carbocycles. The van der Waals surface area contributed by atoms with Crippen molar-refractivity contribution in [1.82, 2.24) is 5.43 Å². The number of carbonyl (C=O) groups excluding carboxylic acids is 1. The van der Waals surface area contributed by atoms with Gasteiger partial charge in [-0.25, -0.2) is 18.6 Å². The fraction of sp³-hybridized carbons (Fsp3) is 0.0455. The quantitative estimate of drug-likeness (QED) is 0.386. The summed E-state index contributed by atoms with van der Waals surface area (Å²) >= 11 is 5.91. The largest absolute Gasteiger partial charge is 0.478 e. The van der Waals surface area contributed by atoms with E-state index in [1.54, 1.807) is 18.2 Å². The molecule has 0 heterocycles. The highest BCUT2D eigenvalue weighted by atomic mass is 35.5. The molecule has 8 nitrogen and oxygen atoms in total. The number of carbonyl (C=O) groups is 2. The van der Waals surface area contributed by atoms with Gasteiger partial charge in [0, 0.05) is 5.02 Å². The molecule has 0 saturated carbocycles. The predicted octanol–water partition coefficient (Wildman–Crippen LogP) is 3.38. The van der Waals surface area contributed by atoms with Crippen LogP contribution in [0.1, 0.15) is 15.9 Å². The summed E-state index contributed by atoms with van der Waals surface area (Å²) in [6, 6.07) is 19.7. The Bertz CT molecular complexity index is 1230. The molecule has 0 unspecified atom stereocenters. The molecule has 2 N–H and O–H groups in total. The van der Waals surface area contributed by atoms with Gasteiger partial charge >= 0.3 is 5.97 Å². The number of aromatic carboxylic acids is 1. The van der Waals surface area contributed by atoms with Gasteiger partial charge in [-0.3, -0.25) is 9.10 Å². The smallest absolute Gasteiger partial charge is 0.335 e. The van der Waals surface area contributed by atoms with Crippen LogP contribution in [-0.4, -0.2) is 38.2 Å². The fourth-order valence-corrected chi connectivity index (χ4v) is 4.27. The van der Waals surface area contributed by atoms with Crippen molar-refractivity contribution in [3.63, 3.8) is 0 Å². The van der Waals surface area contributed by atoms with Crippen LogP contribution in [0.15, 0.2) is 88.9 Å². The van der Waals surface area contributed by atoms with Gasteiger partial charge in [-0.1, -0.05) is 41.9 Å². The van der Waals surface area contributed by atoms with Crippen LogP contribution in [0, 0.1) is 0 Å². The molecule has 1 amide bonds. The number of hydrazone groups is 1. The average molecular weight is 472 g/mol. The Morgan fingerprint density at radius 3 is 2.19 bits per heavy atom. The molecule has 0 aromatic heterocycles. The summed E-state index contributed by atoms with van der Waals surface area (Å²) in [5.41, 5.74) is 3.23. The van der Waals surface area contributed by atoms with Gasteiger partial charge in [-0.15, -0.1) is 0 Å². The molecule has 0 aliphatic rings. The molecule has 0 spiro atoms. The van der Waals surface area contributed by atoms with Crippen LogP contribution in [-0.2, 0) is 14.8 Å². The highest BCUT2D eigenvalue weighted by Crippen LogP contribution is 2.25. The Labute approximate surface area is 189 Å². The Balaban J connectivity index is 1.78. The number of halogens is 1. The molecule has 3 rings (SSSR count). The molecule has 3 aromatic carbocycles. The Hall–Kier alpha value is -3.69. The molecule has 164 valence electrons. The first kappa shape index (κ1) is 23.0. The maximum Gasteiger partial charge on any atom is 0.335 e. The van der Waals surface area contributed by atoms with Crippen LogP contribution in [0.3, 0.4) is 0 Å². The molecular weight excluding hydrogens is 454 g/mol. The molecule has 0 radical (unpaired) electrons. The van der Waals surface area contributed by atoms with Crippen molar-refractivity contribution in [3.05, 3.63) is 95.0 Å². The Morgan fingerprint density at radius 1 is 0.969 bits per heavy atom. The summed E-state index contributed by atoms with van der Waals surface area (Å²) in [7, 11) is -4.03. The van der Waals surface area contributed by atoms with Crippen molar-refractivity contribution in [2.24, 2.45) is 5.10 Å². The maximum atomic E-state index is 13.2. The van der Waals surface area contributed by atoms with E-state index in [1.807, 2.05) is 0 Å². The second-order valence-electron chi connectivity index (χ2n) is 6.52. The van der Waals surface area contributed by atoms with Crippen LogP contribution in [0.25, 0.3) is 0 Å². The zero-order valence-corrected chi connectivity index (χ0v) is 18.1. The van der Waals surface area contributed by atoms with Crippen LogP contribution in [0.5, 0.6) is 0 Å². The van der Waals surface area contributed by atoms with E-state index in [0.717, 1.165) is 4.31 Å². The molecule has 3 aromatic rings. The van der Waals surface area contributed by atoms with Crippen molar-refractivity contribution in [3.8, 4) is 0 Å². The number of benzene rings is 3. The van der Waals surface area contributed by atoms with E-state index in [2.05, 4.69) is 10.5 Å². The van der Waals surface area contributed by atoms with Crippen LogP contribution >= 0.6 is 11.6 Å². The number of carboxylic acid groups (broad SMARTS) is 1. The van der Waals surface area contributed by atoms with Crippen molar-refractivity contribution < 1.29 is 23.1 Å². The van der Waals surface area contributed by atoms with Crippen molar-refractivity contribution in [1.29, 1.82) is 0 Å². The van der Waals surface area contributed by atoms with E-state index in [-0.39, 0.29) is 16.1 Å². The van der Waals surface area contributed by atoms with Crippen molar-refractivity contribution >= 4 is 45.4 Å². The van der Waals surface area contributed by atoms with Crippen LogP contribution in [0.2, 0.25) is 5.02 Å². The van der Waals surface area contributed by atoms with E-state index in [0.29, 0.717) is 10.6 Å². The van der Waals surface area contributed by atoms with Gasteiger partial charge in [0.05, 0.1) is 22.4 Å². The third kappa shape index (κ3) is 5.71. The van der Waals surface area contributed by atoms with E-state index in [9.17, 15) is 18.0 Å². The monoisotopic (exact) mass is 471 g/mol. The summed E-state index contributed by atoms with van der Waals surface area (Å²) in [5, 5.41) is 13.2. The second-order valence-corrected chi connectivity index (χ2v) is 8.82. The highest BCUT2D eigenvalue weighted by molar-refractivity contribution is 7.92. The second kappa shape index (κ2) is 10.1. The number of anilines is 1. The molecule has 32 heavy (non-hydrogen) atoms. The minimum Gasteiger partial charge on any atom is -0.478 e. The first-order valence-corrected chi connectivity index (χ1v) is 11.1. The minimum absolute atomic E-state index is 0.0322. The zero-order valence-electron chi connectivity index (χ0n) is 16.6. The molecule has 0 bridgehead atoms. The lowest BCUT2D eigenvalue weighted by Gasteiger charge is -2.23. The highest BCUT2D eigenvalue weighted by Gasteiger charge is 2.27. The third-order valence-corrected chi connectivity index (χ3v) is 6.33. The average Bonchev–Trinajstić information content (AvgIpc) is 2.79. The van der Waals surface area contributed by atoms with Gasteiger partial charge in [0.25, 0.3) is 15.9 Å². The number of nitrogens with one attached hydrogen (secondary N) is 1. The van der Waals surface area contributed by atoms with E-state index in [1.165, 1.54) is 66.9 Å². The SMILES string of the molecule is O=C(CN(c1ccc(Cl)cc1)S(=O)(=O)c1ccccc1)N/N=C\c1ccc(C(=O)O)cc1. The molecule has 0 fully saturated rings. The lowest BCUT2D eigenvalue weighted by Crippen LogP contribution is -2.39. The number of hydrogen-bond donors (Lipinski definition) is 2. The van der Waals surface area contributed by atoms with Gasteiger partial charge in [0.2, 0.25) is 0 Å². The molecule has 0 atom stereocenters. The van der Waals surface area contributed by atoms with Gasteiger partial charge in [-0.2, -0.15) is 5.10 Å². The normalized spacial score (nSPS) is 11.3. The Morgan fingerprint density at radius 2 is 1.59 bits per heavy atom. The van der Waals surface area contributed by atoms with Crippen LogP contribution in [0.4, 0.5) is 5.69 Å². The lowest BCUT2D eigenvalue weighted by atomic mass is 10.1. The summed E-state index contributed by atoms with van der Waals surface area (Å²) in [6.45, 7) is -0.520. The fourth-order valence-electron chi connectivity index (χ4n) is 2.70. The van der Waals surface area contributed by atoms with Gasteiger partial charge < -0.3 is 5.11 Å². The van der Waals surface area contributed by atoms with Gasteiger partial charge in [0.1, 0.15) is 6.54 Å². The predicted molar refractivity (Wildman–Crippen MR) is 122 cm³/mol. The van der Waals surface area contributed by atoms with Crippen LogP contribution < -0.4 is 9.73 Å². The molecular formula is C22H18ClN3O5S. The summed E-state index contributed by atoms with van der Waals surface area (Å²) < 4.78 is 27.3. The number of carboxylic acids is 1. The first-order valence-electron chi connectivity index (χ1n) is 9.26. The zero-order chi connectivity index (χ0) is 23.1. The first-order chi connectivity index (χ1) is 15.3. The lowest BCUT2D eigenvalue weighted by molar-refractivity contribution is -0.119. The van der Waals surface area contributed by atoms with E-state index >= 15 is 0 Å². The maximum absolute atomic E-state index is 13.2. The summed E-state index contributed by atoms with van der Waals surface area (Å²) in [4.78, 5) is 23.4. The van der Waals surface area contributed by atoms with Gasteiger partial charge in [0.15, 0.2) is 0 Å². The van der Waals surface area contributed by atoms with Crippen molar-refractivity contribution in [2.75, 3.05) is 10.8 Å². The summed E-state index contributed by atoms with van der Waals surface area (Å²) in [5.74, 6) is -1.72. The van der Waals surface area contributed by atoms with E-state index < -0.39 is 28.4 Å². The number of sulfonamides is 1. The molecule has 10 heteroatoms. The number of hydrogen-bond acceptors (Lipinski definition) is 5. The van der Waals surface area contributed by atoms with Gasteiger partial charge in [-0.05, 0) is 54.1 Å². The number of rotatable bonds is 8. The van der Waals surface area contributed by atoms with E-state index in [4.69, 9.17) is 16.7 Å². The summed E-state index contributed by atoms with van der Waals surface area (Å²) in [6.07, 6.45) is 1.32.